The number of hydrogen-bond donors (Lipinski definition) is 0. The first-order chi connectivity index (χ1) is 14.4. The SMILES string of the molecule is COc1ccc(N2C(=NC(=O)Cc3ccccc3)S[C@@H]3CS(=O)(=O)C[C@H]32)c(OC)c1. The van der Waals surface area contributed by atoms with Crippen LogP contribution in [0.1, 0.15) is 5.56 Å². The van der Waals surface area contributed by atoms with Crippen LogP contribution in [-0.4, -0.2) is 56.5 Å². The molecule has 2 aromatic carbocycles. The highest BCUT2D eigenvalue weighted by atomic mass is 32.2. The summed E-state index contributed by atoms with van der Waals surface area (Å²) in [6.45, 7) is 0. The molecule has 30 heavy (non-hydrogen) atoms. The highest BCUT2D eigenvalue weighted by molar-refractivity contribution is 8.16. The first-order valence-electron chi connectivity index (χ1n) is 9.44. The normalized spacial score (nSPS) is 23.4. The van der Waals surface area contributed by atoms with E-state index in [-0.39, 0.29) is 35.1 Å². The number of thioether (sulfide) groups is 1. The fourth-order valence-electron chi connectivity index (χ4n) is 3.75. The maximum absolute atomic E-state index is 12.7. The van der Waals surface area contributed by atoms with Gasteiger partial charge in [-0.3, -0.25) is 4.79 Å². The van der Waals surface area contributed by atoms with Crippen LogP contribution in [0.2, 0.25) is 0 Å². The van der Waals surface area contributed by atoms with Crippen molar-refractivity contribution in [3.8, 4) is 11.5 Å². The minimum absolute atomic E-state index is 0.0196. The van der Waals surface area contributed by atoms with Crippen LogP contribution in [-0.2, 0) is 21.1 Å². The Morgan fingerprint density at radius 3 is 2.60 bits per heavy atom. The zero-order chi connectivity index (χ0) is 21.3. The van der Waals surface area contributed by atoms with Crippen molar-refractivity contribution < 1.29 is 22.7 Å². The van der Waals surface area contributed by atoms with Crippen molar-refractivity contribution in [1.82, 2.24) is 0 Å². The molecule has 0 aromatic heterocycles. The topological polar surface area (TPSA) is 85.3 Å². The van der Waals surface area contributed by atoms with Gasteiger partial charge in [0.15, 0.2) is 15.0 Å². The van der Waals surface area contributed by atoms with Gasteiger partial charge in [0.05, 0.1) is 43.9 Å². The van der Waals surface area contributed by atoms with Crippen molar-refractivity contribution in [1.29, 1.82) is 0 Å². The van der Waals surface area contributed by atoms with Crippen molar-refractivity contribution in [3.63, 3.8) is 0 Å². The standard InChI is InChI=1S/C21H22N2O5S2/c1-27-15-8-9-16(18(11-15)28-2)23-17-12-30(25,26)13-19(17)29-21(23)22-20(24)10-14-6-4-3-5-7-14/h3-9,11,17,19H,10,12-13H2,1-2H3/t17-,19-/m1/s1. The number of carbonyl (C=O) groups excluding carboxylic acids is 1. The lowest BCUT2D eigenvalue weighted by atomic mass is 10.1. The summed E-state index contributed by atoms with van der Waals surface area (Å²) in [5.74, 6) is 0.971. The summed E-state index contributed by atoms with van der Waals surface area (Å²) in [5.41, 5.74) is 1.55. The van der Waals surface area contributed by atoms with Crippen LogP contribution in [0.4, 0.5) is 5.69 Å². The number of benzene rings is 2. The van der Waals surface area contributed by atoms with Gasteiger partial charge in [-0.25, -0.2) is 8.42 Å². The number of anilines is 1. The van der Waals surface area contributed by atoms with Gasteiger partial charge in [-0.15, -0.1) is 0 Å². The Morgan fingerprint density at radius 1 is 1.13 bits per heavy atom. The Hall–Kier alpha value is -2.52. The molecule has 0 radical (unpaired) electrons. The number of amidine groups is 1. The second-order valence-corrected chi connectivity index (χ2v) is 10.5. The van der Waals surface area contributed by atoms with Crippen molar-refractivity contribution in [2.24, 2.45) is 4.99 Å². The van der Waals surface area contributed by atoms with Gasteiger partial charge in [0.1, 0.15) is 11.5 Å². The molecule has 0 spiro atoms. The van der Waals surface area contributed by atoms with Gasteiger partial charge in [0.25, 0.3) is 5.91 Å². The third-order valence-corrected chi connectivity index (χ3v) is 8.34. The van der Waals surface area contributed by atoms with E-state index in [0.29, 0.717) is 22.4 Å². The molecule has 2 saturated heterocycles. The van der Waals surface area contributed by atoms with E-state index in [0.717, 1.165) is 5.56 Å². The molecule has 0 saturated carbocycles. The van der Waals surface area contributed by atoms with Crippen LogP contribution in [0.3, 0.4) is 0 Å². The molecule has 2 aliphatic heterocycles. The number of methoxy groups -OCH3 is 2. The van der Waals surface area contributed by atoms with Gasteiger partial charge in [0, 0.05) is 11.3 Å². The van der Waals surface area contributed by atoms with E-state index in [1.54, 1.807) is 26.4 Å². The van der Waals surface area contributed by atoms with Crippen LogP contribution in [0.25, 0.3) is 0 Å². The lowest BCUT2D eigenvalue weighted by Crippen LogP contribution is -2.38. The van der Waals surface area contributed by atoms with Crippen molar-refractivity contribution in [2.45, 2.75) is 17.7 Å². The third kappa shape index (κ3) is 4.17. The number of amides is 1. The molecular formula is C21H22N2O5S2. The molecular weight excluding hydrogens is 424 g/mol. The van der Waals surface area contributed by atoms with Gasteiger partial charge in [-0.05, 0) is 17.7 Å². The number of rotatable bonds is 5. The van der Waals surface area contributed by atoms with E-state index in [1.807, 2.05) is 41.3 Å². The van der Waals surface area contributed by atoms with Gasteiger partial charge in [-0.2, -0.15) is 4.99 Å². The van der Waals surface area contributed by atoms with E-state index in [2.05, 4.69) is 4.99 Å². The van der Waals surface area contributed by atoms with Gasteiger partial charge < -0.3 is 14.4 Å². The summed E-state index contributed by atoms with van der Waals surface area (Å²) in [6, 6.07) is 14.4. The average molecular weight is 447 g/mol. The minimum Gasteiger partial charge on any atom is -0.497 e. The molecule has 2 aliphatic rings. The van der Waals surface area contributed by atoms with Crippen molar-refractivity contribution >= 4 is 38.4 Å². The van der Waals surface area contributed by atoms with Crippen LogP contribution < -0.4 is 14.4 Å². The zero-order valence-electron chi connectivity index (χ0n) is 16.6. The highest BCUT2D eigenvalue weighted by Gasteiger charge is 2.50. The monoisotopic (exact) mass is 446 g/mol. The van der Waals surface area contributed by atoms with E-state index in [1.165, 1.54) is 11.8 Å². The van der Waals surface area contributed by atoms with Gasteiger partial charge >= 0.3 is 0 Å². The van der Waals surface area contributed by atoms with Gasteiger partial charge in [-0.1, -0.05) is 42.1 Å². The Bertz CT molecular complexity index is 1090. The van der Waals surface area contributed by atoms with E-state index < -0.39 is 9.84 Å². The largest absolute Gasteiger partial charge is 0.497 e. The minimum atomic E-state index is -3.15. The first-order valence-corrected chi connectivity index (χ1v) is 12.1. The number of hydrogen-bond acceptors (Lipinski definition) is 6. The fraction of sp³-hybridized carbons (Fsp3) is 0.333. The van der Waals surface area contributed by atoms with Crippen molar-refractivity contribution in [3.05, 3.63) is 54.1 Å². The molecule has 1 amide bonds. The summed E-state index contributed by atoms with van der Waals surface area (Å²) in [4.78, 5) is 18.8. The van der Waals surface area contributed by atoms with E-state index in [4.69, 9.17) is 9.47 Å². The van der Waals surface area contributed by atoms with Crippen LogP contribution in [0.5, 0.6) is 11.5 Å². The second kappa shape index (κ2) is 8.31. The first kappa shape index (κ1) is 20.7. The molecule has 158 valence electrons. The average Bonchev–Trinajstić information content (AvgIpc) is 3.18. The maximum atomic E-state index is 12.7. The molecule has 7 nitrogen and oxygen atoms in total. The number of fused-ring (bicyclic) bond motifs is 1. The Kier molecular flexibility index (Phi) is 5.75. The van der Waals surface area contributed by atoms with Crippen LogP contribution >= 0.6 is 11.8 Å². The summed E-state index contributed by atoms with van der Waals surface area (Å²) < 4.78 is 35.3. The number of ether oxygens (including phenoxy) is 2. The molecule has 0 N–H and O–H groups in total. The smallest absolute Gasteiger partial charge is 0.252 e. The Morgan fingerprint density at radius 2 is 1.90 bits per heavy atom. The van der Waals surface area contributed by atoms with E-state index in [9.17, 15) is 13.2 Å². The zero-order valence-corrected chi connectivity index (χ0v) is 18.3. The number of sulfone groups is 1. The van der Waals surface area contributed by atoms with Crippen LogP contribution in [0.15, 0.2) is 53.5 Å². The third-order valence-electron chi connectivity index (χ3n) is 5.13. The van der Waals surface area contributed by atoms with Crippen molar-refractivity contribution in [2.75, 3.05) is 30.6 Å². The summed E-state index contributed by atoms with van der Waals surface area (Å²) in [6.07, 6.45) is 0.187. The van der Waals surface area contributed by atoms with Crippen LogP contribution in [0, 0.1) is 0 Å². The fourth-order valence-corrected chi connectivity index (χ4v) is 7.67. The van der Waals surface area contributed by atoms with E-state index >= 15 is 0 Å². The molecule has 2 atom stereocenters. The summed E-state index contributed by atoms with van der Waals surface area (Å²) >= 11 is 1.34. The lowest BCUT2D eigenvalue weighted by Gasteiger charge is -2.26. The molecule has 0 bridgehead atoms. The molecule has 0 unspecified atom stereocenters. The molecule has 4 rings (SSSR count). The molecule has 9 heteroatoms. The number of aliphatic imine (C=N–C) groups is 1. The predicted octanol–water partition coefficient (Wildman–Crippen LogP) is 2.55. The molecule has 2 fully saturated rings. The predicted molar refractivity (Wildman–Crippen MR) is 118 cm³/mol. The molecule has 2 heterocycles. The second-order valence-electron chi connectivity index (χ2n) is 7.16. The lowest BCUT2D eigenvalue weighted by molar-refractivity contribution is -0.117. The summed E-state index contributed by atoms with van der Waals surface area (Å²) in [5, 5.41) is 0.328. The Labute approximate surface area is 180 Å². The molecule has 2 aromatic rings. The Balaban J connectivity index is 1.70. The number of nitrogens with zero attached hydrogens (tertiary/aromatic N) is 2. The maximum Gasteiger partial charge on any atom is 0.252 e. The summed E-state index contributed by atoms with van der Waals surface area (Å²) in [7, 11) is -0.0395. The molecule has 0 aliphatic carbocycles. The number of carbonyl (C=O) groups is 1. The highest BCUT2D eigenvalue weighted by Crippen LogP contribution is 2.44. The quantitative estimate of drug-likeness (QED) is 0.698. The van der Waals surface area contributed by atoms with Gasteiger partial charge in [0.2, 0.25) is 0 Å².